The first-order valence-corrected chi connectivity index (χ1v) is 12.7. The molecule has 6 N–H and O–H groups in total. The number of phenolic OH excluding ortho intramolecular Hbond substituents is 3. The first-order chi connectivity index (χ1) is 20.1. The number of aromatic hydroxyl groups is 3. The van der Waals surface area contributed by atoms with E-state index < -0.39 is 54.5 Å². The van der Waals surface area contributed by atoms with E-state index in [0.29, 0.717) is 11.1 Å². The minimum absolute atomic E-state index is 0.0184. The maximum Gasteiger partial charge on any atom is 0.331 e. The fraction of sp³-hybridized carbons (Fsp3) is 0.200. The second kappa shape index (κ2) is 11.9. The van der Waals surface area contributed by atoms with E-state index in [0.717, 1.165) is 12.1 Å². The van der Waals surface area contributed by atoms with Crippen molar-refractivity contribution in [2.24, 2.45) is 0 Å². The average molecular weight is 579 g/mol. The number of hydrogen-bond donors (Lipinski definition) is 6. The number of carbonyl (C=O) groups is 1. The molecule has 0 aliphatic carbocycles. The molecule has 5 rings (SSSR count). The molecule has 1 aliphatic rings. The van der Waals surface area contributed by atoms with Gasteiger partial charge in [0.1, 0.15) is 51.9 Å². The van der Waals surface area contributed by atoms with Crippen molar-refractivity contribution in [3.8, 4) is 34.3 Å². The van der Waals surface area contributed by atoms with Crippen molar-refractivity contribution < 1.29 is 54.1 Å². The van der Waals surface area contributed by atoms with Crippen LogP contribution < -0.4 is 10.2 Å². The monoisotopic (exact) mass is 578 g/mol. The Hall–Kier alpha value is -4.88. The summed E-state index contributed by atoms with van der Waals surface area (Å²) in [6.07, 6.45) is -5.39. The van der Waals surface area contributed by atoms with Gasteiger partial charge in [0, 0.05) is 29.8 Å². The molecular weight excluding hydrogens is 552 g/mol. The van der Waals surface area contributed by atoms with Crippen LogP contribution in [0.2, 0.25) is 0 Å². The van der Waals surface area contributed by atoms with Gasteiger partial charge in [0.2, 0.25) is 6.29 Å². The van der Waals surface area contributed by atoms with Gasteiger partial charge in [-0.1, -0.05) is 12.1 Å². The maximum absolute atomic E-state index is 12.7. The Morgan fingerprint density at radius 2 is 1.57 bits per heavy atom. The van der Waals surface area contributed by atoms with Gasteiger partial charge < -0.3 is 49.3 Å². The predicted molar refractivity (Wildman–Crippen MR) is 147 cm³/mol. The van der Waals surface area contributed by atoms with Crippen molar-refractivity contribution in [2.45, 2.75) is 30.7 Å². The van der Waals surface area contributed by atoms with E-state index in [2.05, 4.69) is 0 Å². The van der Waals surface area contributed by atoms with Crippen LogP contribution in [0.4, 0.5) is 0 Å². The molecule has 4 aromatic rings. The van der Waals surface area contributed by atoms with Crippen LogP contribution >= 0.6 is 0 Å². The summed E-state index contributed by atoms with van der Waals surface area (Å²) in [7, 11) is 0. The molecule has 0 amide bonds. The molecule has 218 valence electrons. The standard InChI is InChI=1S/C30H26O12/c31-14-24-27(37)29(42-25(36)10-3-15-1-6-17(32)7-2-15)28(38)30(41-24)39-19-11-20(34)26-21(35)13-22(40-23(26)12-19)16-4-8-18(33)9-5-16/h1-13,24,27-34,37-38H,14H2/b10-3-/t24-,27-,28-,29+,30-/m1/s1. The third-order valence-electron chi connectivity index (χ3n) is 6.57. The third kappa shape index (κ3) is 6.06. The second-order valence-electron chi connectivity index (χ2n) is 9.49. The van der Waals surface area contributed by atoms with E-state index in [1.807, 2.05) is 0 Å². The van der Waals surface area contributed by atoms with Crippen LogP contribution in [0.15, 0.2) is 82.0 Å². The van der Waals surface area contributed by atoms with Crippen molar-refractivity contribution >= 4 is 23.0 Å². The number of rotatable bonds is 7. The van der Waals surface area contributed by atoms with Crippen LogP contribution in [-0.4, -0.2) is 73.9 Å². The van der Waals surface area contributed by atoms with Gasteiger partial charge in [-0.2, -0.15) is 0 Å². The van der Waals surface area contributed by atoms with Crippen LogP contribution in [0, 0.1) is 0 Å². The zero-order valence-electron chi connectivity index (χ0n) is 21.7. The Balaban J connectivity index is 1.38. The van der Waals surface area contributed by atoms with Gasteiger partial charge in [0.05, 0.1) is 6.61 Å². The highest BCUT2D eigenvalue weighted by atomic mass is 16.7. The highest BCUT2D eigenvalue weighted by molar-refractivity contribution is 5.87. The summed E-state index contributed by atoms with van der Waals surface area (Å²) in [4.78, 5) is 25.2. The van der Waals surface area contributed by atoms with Crippen molar-refractivity contribution in [2.75, 3.05) is 6.61 Å². The summed E-state index contributed by atoms with van der Waals surface area (Å²) < 4.78 is 22.3. The van der Waals surface area contributed by atoms with Crippen LogP contribution in [-0.2, 0) is 14.3 Å². The lowest BCUT2D eigenvalue weighted by Gasteiger charge is -2.41. The van der Waals surface area contributed by atoms with Crippen molar-refractivity contribution in [1.82, 2.24) is 0 Å². The third-order valence-corrected chi connectivity index (χ3v) is 6.57. The molecule has 12 nitrogen and oxygen atoms in total. The minimum atomic E-state index is -1.75. The van der Waals surface area contributed by atoms with Crippen LogP contribution in [0.1, 0.15) is 5.56 Å². The normalized spacial score (nSPS) is 22.3. The Morgan fingerprint density at radius 3 is 2.24 bits per heavy atom. The van der Waals surface area contributed by atoms with Crippen molar-refractivity contribution in [3.63, 3.8) is 0 Å². The Bertz CT molecular complexity index is 1660. The summed E-state index contributed by atoms with van der Waals surface area (Å²) in [6.45, 7) is -0.709. The molecule has 0 spiro atoms. The molecule has 3 aromatic carbocycles. The molecule has 5 atom stereocenters. The molecule has 1 aromatic heterocycles. The Labute approximate surface area is 237 Å². The minimum Gasteiger partial charge on any atom is -0.508 e. The molecule has 1 saturated heterocycles. The zero-order valence-corrected chi connectivity index (χ0v) is 21.7. The smallest absolute Gasteiger partial charge is 0.331 e. The summed E-state index contributed by atoms with van der Waals surface area (Å²) in [5.41, 5.74) is 0.441. The predicted octanol–water partition coefficient (Wildman–Crippen LogP) is 2.02. The SMILES string of the molecule is O=C(/C=C\c1ccc(O)cc1)O[C@@H]1[C@@H](O)[C@H](Oc2cc(O)c3c(=O)cc(-c4ccc(O)cc4)oc3c2)O[C@H](CO)[C@H]1O. The first kappa shape index (κ1) is 28.6. The van der Waals surface area contributed by atoms with Crippen LogP contribution in [0.3, 0.4) is 0 Å². The lowest BCUT2D eigenvalue weighted by molar-refractivity contribution is -0.280. The van der Waals surface area contributed by atoms with E-state index in [4.69, 9.17) is 18.6 Å². The lowest BCUT2D eigenvalue weighted by atomic mass is 9.99. The summed E-state index contributed by atoms with van der Waals surface area (Å²) in [5, 5.41) is 60.6. The zero-order chi connectivity index (χ0) is 30.0. The first-order valence-electron chi connectivity index (χ1n) is 12.7. The number of esters is 1. The average Bonchev–Trinajstić information content (AvgIpc) is 2.96. The fourth-order valence-electron chi connectivity index (χ4n) is 4.43. The number of fused-ring (bicyclic) bond motifs is 1. The molecule has 1 aliphatic heterocycles. The number of phenols is 3. The molecule has 42 heavy (non-hydrogen) atoms. The number of aliphatic hydroxyl groups excluding tert-OH is 3. The molecule has 12 heteroatoms. The van der Waals surface area contributed by atoms with Crippen LogP contribution in [0.5, 0.6) is 23.0 Å². The molecular formula is C30H26O12. The van der Waals surface area contributed by atoms with E-state index in [9.17, 15) is 40.2 Å². The fourth-order valence-corrected chi connectivity index (χ4v) is 4.43. The number of carbonyl (C=O) groups excluding carboxylic acids is 1. The molecule has 1 fully saturated rings. The summed E-state index contributed by atoms with van der Waals surface area (Å²) >= 11 is 0. The molecule has 0 unspecified atom stereocenters. The number of benzene rings is 3. The molecule has 0 saturated carbocycles. The number of hydrogen-bond acceptors (Lipinski definition) is 12. The molecule has 0 radical (unpaired) electrons. The largest absolute Gasteiger partial charge is 0.508 e. The van der Waals surface area contributed by atoms with E-state index in [1.165, 1.54) is 54.6 Å². The quantitative estimate of drug-likeness (QED) is 0.138. The summed E-state index contributed by atoms with van der Waals surface area (Å²) in [6, 6.07) is 15.4. The van der Waals surface area contributed by atoms with Gasteiger partial charge in [-0.05, 0) is 48.0 Å². The van der Waals surface area contributed by atoms with Crippen LogP contribution in [0.25, 0.3) is 28.4 Å². The highest BCUT2D eigenvalue weighted by Crippen LogP contribution is 2.34. The van der Waals surface area contributed by atoms with Gasteiger partial charge in [-0.3, -0.25) is 4.79 Å². The molecule has 0 bridgehead atoms. The van der Waals surface area contributed by atoms with Gasteiger partial charge >= 0.3 is 5.97 Å². The molecule has 2 heterocycles. The van der Waals surface area contributed by atoms with Crippen molar-refractivity contribution in [3.05, 3.63) is 88.6 Å². The summed E-state index contributed by atoms with van der Waals surface area (Å²) in [5.74, 6) is -1.31. The van der Waals surface area contributed by atoms with Gasteiger partial charge in [0.25, 0.3) is 0 Å². The lowest BCUT2D eigenvalue weighted by Crippen LogP contribution is -2.61. The maximum atomic E-state index is 12.7. The van der Waals surface area contributed by atoms with Gasteiger partial charge in [-0.25, -0.2) is 4.79 Å². The second-order valence-corrected chi connectivity index (χ2v) is 9.49. The Morgan fingerprint density at radius 1 is 0.905 bits per heavy atom. The highest BCUT2D eigenvalue weighted by Gasteiger charge is 2.47. The van der Waals surface area contributed by atoms with E-state index >= 15 is 0 Å². The van der Waals surface area contributed by atoms with Crippen molar-refractivity contribution in [1.29, 1.82) is 0 Å². The van der Waals surface area contributed by atoms with Gasteiger partial charge in [0.15, 0.2) is 17.6 Å². The number of ether oxygens (including phenoxy) is 3. The topological polar surface area (TPSA) is 196 Å². The Kier molecular flexibility index (Phi) is 8.13. The van der Waals surface area contributed by atoms with E-state index in [-0.39, 0.29) is 34.0 Å². The van der Waals surface area contributed by atoms with Gasteiger partial charge in [-0.15, -0.1) is 0 Å². The number of aliphatic hydroxyl groups is 3. The van der Waals surface area contributed by atoms with E-state index in [1.54, 1.807) is 12.1 Å².